The molecule has 2 heterocycles. The summed E-state index contributed by atoms with van der Waals surface area (Å²) in [5, 5.41) is 12.1. The van der Waals surface area contributed by atoms with Crippen molar-refractivity contribution >= 4 is 5.97 Å². The van der Waals surface area contributed by atoms with Gasteiger partial charge in [-0.1, -0.05) is 79.7 Å². The number of ether oxygens (including phenoxy) is 1. The van der Waals surface area contributed by atoms with Gasteiger partial charge in [0, 0.05) is 49.8 Å². The maximum atomic E-state index is 13.1. The average molecular weight is 501 g/mol. The number of esters is 1. The molecule has 5 atom stereocenters. The lowest BCUT2D eigenvalue weighted by molar-refractivity contribution is -0.146. The molecule has 2 saturated carbocycles. The minimum atomic E-state index is -1.18. The molecule has 6 rings (SSSR count). The highest BCUT2D eigenvalue weighted by molar-refractivity contribution is 5.75. The third-order valence-electron chi connectivity index (χ3n) is 9.96. The lowest BCUT2D eigenvalue weighted by atomic mass is 9.55. The predicted octanol–water partition coefficient (Wildman–Crippen LogP) is 4.81. The van der Waals surface area contributed by atoms with Crippen molar-refractivity contribution in [1.82, 2.24) is 9.80 Å². The third-order valence-corrected chi connectivity index (χ3v) is 9.96. The van der Waals surface area contributed by atoms with Gasteiger partial charge in [-0.3, -0.25) is 14.6 Å². The maximum absolute atomic E-state index is 13.1. The van der Waals surface area contributed by atoms with Crippen LogP contribution in [0.25, 0.3) is 0 Å². The molecule has 0 aromatic heterocycles. The van der Waals surface area contributed by atoms with E-state index in [1.54, 1.807) is 0 Å². The molecular formula is C32H40N2O3. The number of fused-ring (bicyclic) bond motifs is 2. The van der Waals surface area contributed by atoms with Crippen LogP contribution < -0.4 is 0 Å². The second-order valence-electron chi connectivity index (χ2n) is 12.1. The Balaban J connectivity index is 1.15. The zero-order valence-electron chi connectivity index (χ0n) is 22.0. The number of carbonyl (C=O) groups is 1. The van der Waals surface area contributed by atoms with Crippen LogP contribution in [-0.4, -0.2) is 59.7 Å². The van der Waals surface area contributed by atoms with Gasteiger partial charge in [0.05, 0.1) is 5.92 Å². The Kier molecular flexibility index (Phi) is 6.50. The molecule has 1 N–H and O–H groups in total. The molecular weight excluding hydrogens is 460 g/mol. The Bertz CT molecular complexity index is 1090. The van der Waals surface area contributed by atoms with Gasteiger partial charge in [-0.15, -0.1) is 0 Å². The van der Waals surface area contributed by atoms with E-state index in [9.17, 15) is 9.90 Å². The average Bonchev–Trinajstić information content (AvgIpc) is 3.21. The van der Waals surface area contributed by atoms with Crippen molar-refractivity contribution < 1.29 is 14.6 Å². The number of allylic oxidation sites excluding steroid dienone is 1. The zero-order valence-corrected chi connectivity index (χ0v) is 22.0. The largest absolute Gasteiger partial charge is 0.462 e. The summed E-state index contributed by atoms with van der Waals surface area (Å²) in [6, 6.07) is 19.9. The van der Waals surface area contributed by atoms with Gasteiger partial charge in [0.1, 0.15) is 6.10 Å². The number of carbonyl (C=O) groups excluding carboxylic acids is 1. The van der Waals surface area contributed by atoms with Crippen molar-refractivity contribution in [2.45, 2.75) is 50.9 Å². The Morgan fingerprint density at radius 3 is 2.27 bits per heavy atom. The van der Waals surface area contributed by atoms with E-state index < -0.39 is 5.72 Å². The molecule has 2 aliphatic carbocycles. The van der Waals surface area contributed by atoms with Crippen molar-refractivity contribution in [3.8, 4) is 0 Å². The molecule has 5 heteroatoms. The van der Waals surface area contributed by atoms with Gasteiger partial charge in [0.25, 0.3) is 0 Å². The van der Waals surface area contributed by atoms with E-state index in [1.165, 1.54) is 18.4 Å². The van der Waals surface area contributed by atoms with Crippen LogP contribution in [0.5, 0.6) is 0 Å². The van der Waals surface area contributed by atoms with E-state index in [-0.39, 0.29) is 23.4 Å². The molecule has 196 valence electrons. The fraction of sp³-hybridized carbons (Fsp3) is 0.531. The Morgan fingerprint density at radius 2 is 1.65 bits per heavy atom. The number of nitrogens with zero attached hydrogens (tertiary/aromatic N) is 2. The molecule has 2 aromatic carbocycles. The van der Waals surface area contributed by atoms with Crippen molar-refractivity contribution in [1.29, 1.82) is 0 Å². The number of rotatable bonds is 5. The van der Waals surface area contributed by atoms with Crippen molar-refractivity contribution in [3.63, 3.8) is 0 Å². The Morgan fingerprint density at radius 1 is 1.03 bits per heavy atom. The summed E-state index contributed by atoms with van der Waals surface area (Å²) >= 11 is 0. The second kappa shape index (κ2) is 9.68. The molecule has 37 heavy (non-hydrogen) atoms. The minimum absolute atomic E-state index is 0.00429. The SMILES string of the molecule is C=C1CCC[C@]2(C)C[C@H]3OC(=O)[C@@H](CN4CCN(C(O)(c5ccccc5)c5ccccc5)CC4)[C@@H]3C[C@H]12. The summed E-state index contributed by atoms with van der Waals surface area (Å²) in [7, 11) is 0. The van der Waals surface area contributed by atoms with E-state index in [0.717, 1.165) is 63.1 Å². The zero-order chi connectivity index (χ0) is 25.6. The van der Waals surface area contributed by atoms with Crippen LogP contribution in [0.3, 0.4) is 0 Å². The third kappa shape index (κ3) is 4.35. The number of benzene rings is 2. The summed E-state index contributed by atoms with van der Waals surface area (Å²) in [6.45, 7) is 10.7. The van der Waals surface area contributed by atoms with Crippen LogP contribution in [0.2, 0.25) is 0 Å². The molecule has 2 saturated heterocycles. The lowest BCUT2D eigenvalue weighted by Gasteiger charge is -2.50. The fourth-order valence-electron chi connectivity index (χ4n) is 7.87. The summed E-state index contributed by atoms with van der Waals surface area (Å²) < 4.78 is 6.01. The first-order chi connectivity index (χ1) is 17.9. The maximum Gasteiger partial charge on any atom is 0.310 e. The summed E-state index contributed by atoms with van der Waals surface area (Å²) in [5.74, 6) is 0.750. The van der Waals surface area contributed by atoms with Gasteiger partial charge in [-0.05, 0) is 43.4 Å². The van der Waals surface area contributed by atoms with E-state index >= 15 is 0 Å². The monoisotopic (exact) mass is 500 g/mol. The fourth-order valence-corrected chi connectivity index (χ4v) is 7.87. The van der Waals surface area contributed by atoms with Gasteiger partial charge < -0.3 is 9.84 Å². The van der Waals surface area contributed by atoms with Crippen LogP contribution in [0.1, 0.15) is 50.2 Å². The van der Waals surface area contributed by atoms with E-state index in [1.807, 2.05) is 60.7 Å². The predicted molar refractivity (Wildman–Crippen MR) is 145 cm³/mol. The van der Waals surface area contributed by atoms with Crippen LogP contribution in [0.4, 0.5) is 0 Å². The Hall–Kier alpha value is -2.47. The molecule has 4 fully saturated rings. The molecule has 0 spiro atoms. The highest BCUT2D eigenvalue weighted by atomic mass is 16.6. The highest BCUT2D eigenvalue weighted by Gasteiger charge is 2.55. The van der Waals surface area contributed by atoms with E-state index in [4.69, 9.17) is 4.74 Å². The van der Waals surface area contributed by atoms with Crippen LogP contribution in [-0.2, 0) is 15.3 Å². The second-order valence-corrected chi connectivity index (χ2v) is 12.1. The van der Waals surface area contributed by atoms with E-state index in [2.05, 4.69) is 23.3 Å². The summed E-state index contributed by atoms with van der Waals surface area (Å²) in [4.78, 5) is 17.7. The molecule has 2 aromatic rings. The normalized spacial score (nSPS) is 33.0. The molecule has 2 aliphatic heterocycles. The number of aliphatic hydroxyl groups is 1. The van der Waals surface area contributed by atoms with Crippen LogP contribution in [0, 0.1) is 23.2 Å². The quantitative estimate of drug-likeness (QED) is 0.472. The summed E-state index contributed by atoms with van der Waals surface area (Å²) in [5.41, 5.74) is 2.21. The van der Waals surface area contributed by atoms with E-state index in [0.29, 0.717) is 11.8 Å². The first-order valence-electron chi connectivity index (χ1n) is 14.1. The number of hydrogen-bond acceptors (Lipinski definition) is 5. The smallest absolute Gasteiger partial charge is 0.310 e. The molecule has 5 nitrogen and oxygen atoms in total. The number of hydrogen-bond donors (Lipinski definition) is 1. The van der Waals surface area contributed by atoms with Gasteiger partial charge in [-0.2, -0.15) is 0 Å². The van der Waals surface area contributed by atoms with Gasteiger partial charge in [0.2, 0.25) is 0 Å². The van der Waals surface area contributed by atoms with Gasteiger partial charge >= 0.3 is 5.97 Å². The minimum Gasteiger partial charge on any atom is -0.462 e. The van der Waals surface area contributed by atoms with Crippen molar-refractivity contribution in [3.05, 3.63) is 83.9 Å². The first kappa shape index (κ1) is 24.8. The van der Waals surface area contributed by atoms with Gasteiger partial charge in [0.15, 0.2) is 5.72 Å². The van der Waals surface area contributed by atoms with Crippen molar-refractivity contribution in [2.24, 2.45) is 23.2 Å². The molecule has 4 aliphatic rings. The molecule has 0 unspecified atom stereocenters. The molecule has 0 amide bonds. The summed E-state index contributed by atoms with van der Waals surface area (Å²) in [6.07, 6.45) is 5.65. The standard InChI is InChI=1S/C32H40N2O3/c1-23-10-9-15-31(2)21-29-26(20-28(23)31)27(30(35)37-29)22-33-16-18-34(19-17-33)32(36,24-11-5-3-6-12-24)25-13-7-4-8-14-25/h3-8,11-14,26-29,36H,1,9-10,15-22H2,2H3/t26-,27-,28+,29+,31+/m0/s1. The van der Waals surface area contributed by atoms with Crippen LogP contribution >= 0.6 is 0 Å². The number of piperazine rings is 1. The Labute approximate surface area is 221 Å². The lowest BCUT2D eigenvalue weighted by Crippen LogP contribution is -2.57. The molecule has 0 bridgehead atoms. The highest BCUT2D eigenvalue weighted by Crippen LogP contribution is 2.57. The topological polar surface area (TPSA) is 53.0 Å². The van der Waals surface area contributed by atoms with Crippen LogP contribution in [0.15, 0.2) is 72.8 Å². The first-order valence-corrected chi connectivity index (χ1v) is 14.1. The van der Waals surface area contributed by atoms with Gasteiger partial charge in [-0.25, -0.2) is 0 Å². The molecule has 0 radical (unpaired) electrons. The van der Waals surface area contributed by atoms with Crippen molar-refractivity contribution in [2.75, 3.05) is 32.7 Å².